The molecule has 3 N–H and O–H groups in total. The second-order valence-corrected chi connectivity index (χ2v) is 4.68. The fourth-order valence-electron chi connectivity index (χ4n) is 1.71. The molecule has 2 rings (SSSR count). The zero-order valence-corrected chi connectivity index (χ0v) is 11.7. The Morgan fingerprint density at radius 2 is 1.81 bits per heavy atom. The molecule has 0 aromatic heterocycles. The van der Waals surface area contributed by atoms with Gasteiger partial charge in [-0.3, -0.25) is 0 Å². The third-order valence-electron chi connectivity index (χ3n) is 2.82. The van der Waals surface area contributed by atoms with E-state index >= 15 is 0 Å². The molecule has 0 saturated heterocycles. The lowest BCUT2D eigenvalue weighted by Crippen LogP contribution is -2.06. The Morgan fingerprint density at radius 3 is 2.43 bits per heavy atom. The topological polar surface area (TPSA) is 47.3 Å². The summed E-state index contributed by atoms with van der Waals surface area (Å²) in [5.41, 5.74) is 5.88. The molecule has 0 amide bonds. The highest BCUT2D eigenvalue weighted by Crippen LogP contribution is 2.36. The average molecular weight is 317 g/mol. The van der Waals surface area contributed by atoms with E-state index in [0.717, 1.165) is 12.1 Å². The van der Waals surface area contributed by atoms with Crippen LogP contribution in [0.3, 0.4) is 0 Å². The number of nitrogens with two attached hydrogens (primary N) is 1. The maximum Gasteiger partial charge on any atom is 0.416 e. The molecular weight excluding hydrogens is 305 g/mol. The van der Waals surface area contributed by atoms with E-state index in [1.807, 2.05) is 0 Å². The van der Waals surface area contributed by atoms with Gasteiger partial charge < -0.3 is 15.8 Å². The first-order valence-corrected chi connectivity index (χ1v) is 6.26. The van der Waals surface area contributed by atoms with E-state index < -0.39 is 11.7 Å². The van der Waals surface area contributed by atoms with Crippen LogP contribution in [-0.2, 0) is 6.18 Å². The Hall–Kier alpha value is -2.08. The van der Waals surface area contributed by atoms with Gasteiger partial charge in [0.15, 0.2) is 0 Å². The SMILES string of the molecule is COc1ccc(N)c(Nc2cc(C(F)(F)F)ccc2Cl)c1. The van der Waals surface area contributed by atoms with Crippen LogP contribution >= 0.6 is 11.6 Å². The van der Waals surface area contributed by atoms with Crippen molar-refractivity contribution in [3.8, 4) is 5.75 Å². The van der Waals surface area contributed by atoms with Crippen molar-refractivity contribution in [3.05, 3.63) is 47.0 Å². The number of nitrogens with one attached hydrogen (secondary N) is 1. The van der Waals surface area contributed by atoms with Gasteiger partial charge in [0.25, 0.3) is 0 Å². The summed E-state index contributed by atoms with van der Waals surface area (Å²) in [6, 6.07) is 7.84. The molecule has 0 spiro atoms. The van der Waals surface area contributed by atoms with Crippen LogP contribution in [0.5, 0.6) is 5.75 Å². The lowest BCUT2D eigenvalue weighted by atomic mass is 10.1. The molecule has 112 valence electrons. The molecule has 0 aliphatic carbocycles. The summed E-state index contributed by atoms with van der Waals surface area (Å²) in [6.07, 6.45) is -4.44. The van der Waals surface area contributed by atoms with Crippen molar-refractivity contribution in [2.75, 3.05) is 18.2 Å². The molecule has 21 heavy (non-hydrogen) atoms. The third-order valence-corrected chi connectivity index (χ3v) is 3.15. The van der Waals surface area contributed by atoms with E-state index in [1.165, 1.54) is 13.2 Å². The molecule has 0 atom stereocenters. The van der Waals surface area contributed by atoms with E-state index in [4.69, 9.17) is 22.1 Å². The molecule has 0 heterocycles. The highest BCUT2D eigenvalue weighted by atomic mass is 35.5. The quantitative estimate of drug-likeness (QED) is 0.807. The van der Waals surface area contributed by atoms with Crippen molar-refractivity contribution in [2.45, 2.75) is 6.18 Å². The number of alkyl halides is 3. The second kappa shape index (κ2) is 5.73. The van der Waals surface area contributed by atoms with Crippen molar-refractivity contribution in [1.82, 2.24) is 0 Å². The van der Waals surface area contributed by atoms with Gasteiger partial charge in [-0.05, 0) is 30.3 Å². The van der Waals surface area contributed by atoms with E-state index in [2.05, 4.69) is 5.32 Å². The monoisotopic (exact) mass is 316 g/mol. The summed E-state index contributed by atoms with van der Waals surface area (Å²) in [7, 11) is 1.48. The van der Waals surface area contributed by atoms with Gasteiger partial charge in [-0.15, -0.1) is 0 Å². The van der Waals surface area contributed by atoms with Crippen LogP contribution in [0, 0.1) is 0 Å². The molecule has 0 unspecified atom stereocenters. The molecule has 3 nitrogen and oxygen atoms in total. The number of methoxy groups -OCH3 is 1. The lowest BCUT2D eigenvalue weighted by Gasteiger charge is -2.14. The fourth-order valence-corrected chi connectivity index (χ4v) is 1.88. The first-order chi connectivity index (χ1) is 9.81. The van der Waals surface area contributed by atoms with Crippen LogP contribution in [0.15, 0.2) is 36.4 Å². The van der Waals surface area contributed by atoms with Crippen molar-refractivity contribution in [1.29, 1.82) is 0 Å². The Morgan fingerprint density at radius 1 is 1.10 bits per heavy atom. The average Bonchev–Trinajstić information content (AvgIpc) is 2.42. The standard InChI is InChI=1S/C14H12ClF3N2O/c1-21-9-3-5-11(19)13(7-9)20-12-6-8(14(16,17)18)2-4-10(12)15/h2-7,20H,19H2,1H3. The minimum Gasteiger partial charge on any atom is -0.497 e. The predicted octanol–water partition coefficient (Wildman–Crippen LogP) is 4.69. The summed E-state index contributed by atoms with van der Waals surface area (Å²) in [4.78, 5) is 0. The summed E-state index contributed by atoms with van der Waals surface area (Å²) < 4.78 is 43.2. The van der Waals surface area contributed by atoms with Crippen molar-refractivity contribution in [3.63, 3.8) is 0 Å². The Bertz CT molecular complexity index is 659. The van der Waals surface area contributed by atoms with Crippen LogP contribution in [0.1, 0.15) is 5.56 Å². The van der Waals surface area contributed by atoms with Gasteiger partial charge in [0.1, 0.15) is 5.75 Å². The van der Waals surface area contributed by atoms with Crippen molar-refractivity contribution < 1.29 is 17.9 Å². The maximum absolute atomic E-state index is 12.7. The number of hydrogen-bond acceptors (Lipinski definition) is 3. The van der Waals surface area contributed by atoms with Crippen molar-refractivity contribution >= 4 is 28.7 Å². The van der Waals surface area contributed by atoms with Gasteiger partial charge in [0.05, 0.1) is 34.8 Å². The van der Waals surface area contributed by atoms with Crippen molar-refractivity contribution in [2.24, 2.45) is 0 Å². The first kappa shape index (κ1) is 15.3. The van der Waals surface area contributed by atoms with Crippen LogP contribution in [0.25, 0.3) is 0 Å². The molecule has 0 saturated carbocycles. The summed E-state index contributed by atoms with van der Waals surface area (Å²) in [5.74, 6) is 0.523. The van der Waals surface area contributed by atoms with Gasteiger partial charge in [0, 0.05) is 6.07 Å². The second-order valence-electron chi connectivity index (χ2n) is 4.27. The predicted molar refractivity (Wildman–Crippen MR) is 77.1 cm³/mol. The normalized spacial score (nSPS) is 11.3. The Balaban J connectivity index is 2.39. The number of nitrogen functional groups attached to an aromatic ring is 1. The summed E-state index contributed by atoms with van der Waals surface area (Å²) in [5, 5.41) is 2.95. The van der Waals surface area contributed by atoms with Crippen LogP contribution in [-0.4, -0.2) is 7.11 Å². The van der Waals surface area contributed by atoms with Gasteiger partial charge in [-0.1, -0.05) is 11.6 Å². The molecule has 0 aliphatic rings. The number of anilines is 3. The number of rotatable bonds is 3. The number of benzene rings is 2. The van der Waals surface area contributed by atoms with Crippen LogP contribution in [0.2, 0.25) is 5.02 Å². The number of halogens is 4. The summed E-state index contributed by atoms with van der Waals surface area (Å²) >= 11 is 5.92. The third kappa shape index (κ3) is 3.52. The van der Waals surface area contributed by atoms with E-state index in [-0.39, 0.29) is 10.7 Å². The molecule has 0 fully saturated rings. The minimum absolute atomic E-state index is 0.117. The van der Waals surface area contributed by atoms with Crippen LogP contribution < -0.4 is 15.8 Å². The zero-order chi connectivity index (χ0) is 15.6. The highest BCUT2D eigenvalue weighted by Gasteiger charge is 2.31. The molecule has 0 bridgehead atoms. The number of ether oxygens (including phenoxy) is 1. The fraction of sp³-hybridized carbons (Fsp3) is 0.143. The maximum atomic E-state index is 12.7. The molecular formula is C14H12ClF3N2O. The van der Waals surface area contributed by atoms with E-state index in [1.54, 1.807) is 18.2 Å². The minimum atomic E-state index is -4.44. The largest absolute Gasteiger partial charge is 0.497 e. The molecule has 0 radical (unpaired) electrons. The van der Waals surface area contributed by atoms with Gasteiger partial charge in [-0.25, -0.2) is 0 Å². The van der Waals surface area contributed by atoms with Crippen LogP contribution in [0.4, 0.5) is 30.2 Å². The van der Waals surface area contributed by atoms with Gasteiger partial charge in [0.2, 0.25) is 0 Å². The molecule has 0 aliphatic heterocycles. The van der Waals surface area contributed by atoms with Gasteiger partial charge in [-0.2, -0.15) is 13.2 Å². The molecule has 2 aromatic rings. The Labute approximate surface area is 124 Å². The van der Waals surface area contributed by atoms with Gasteiger partial charge >= 0.3 is 6.18 Å². The van der Waals surface area contributed by atoms with E-state index in [9.17, 15) is 13.2 Å². The number of hydrogen-bond donors (Lipinski definition) is 2. The molecule has 7 heteroatoms. The van der Waals surface area contributed by atoms with E-state index in [0.29, 0.717) is 17.1 Å². The smallest absolute Gasteiger partial charge is 0.416 e. The lowest BCUT2D eigenvalue weighted by molar-refractivity contribution is -0.137. The molecule has 2 aromatic carbocycles. The first-order valence-electron chi connectivity index (χ1n) is 5.88. The summed E-state index contributed by atoms with van der Waals surface area (Å²) in [6.45, 7) is 0. The highest BCUT2D eigenvalue weighted by molar-refractivity contribution is 6.33. The Kier molecular flexibility index (Phi) is 4.18. The zero-order valence-electron chi connectivity index (χ0n) is 11.0.